The number of imidazole rings is 1. The van der Waals surface area contributed by atoms with E-state index >= 15 is 0 Å². The molecule has 0 unspecified atom stereocenters. The standard InChI is InChI=1S/C16H11FN4/c17-11-6-5-10(9-12(11)18)13-7-8-21-15-4-2-1-3-14(15)20-16(21)19-13/h1-9H,18H2. The number of rotatable bonds is 1. The summed E-state index contributed by atoms with van der Waals surface area (Å²) < 4.78 is 15.2. The zero-order chi connectivity index (χ0) is 14.4. The highest BCUT2D eigenvalue weighted by Crippen LogP contribution is 2.23. The molecular weight excluding hydrogens is 267 g/mol. The van der Waals surface area contributed by atoms with Gasteiger partial charge in [0.25, 0.3) is 0 Å². The first-order valence-corrected chi connectivity index (χ1v) is 6.51. The maximum Gasteiger partial charge on any atom is 0.235 e. The van der Waals surface area contributed by atoms with Gasteiger partial charge in [0.05, 0.1) is 22.4 Å². The monoisotopic (exact) mass is 278 g/mol. The number of nitrogens with zero attached hydrogens (tertiary/aromatic N) is 3. The number of para-hydroxylation sites is 2. The van der Waals surface area contributed by atoms with Crippen LogP contribution in [0.3, 0.4) is 0 Å². The molecule has 0 atom stereocenters. The number of nitrogens with two attached hydrogens (primary N) is 1. The normalized spacial score (nSPS) is 11.3. The molecule has 0 aliphatic carbocycles. The lowest BCUT2D eigenvalue weighted by Gasteiger charge is -2.03. The summed E-state index contributed by atoms with van der Waals surface area (Å²) in [6.07, 6.45) is 1.91. The van der Waals surface area contributed by atoms with Crippen LogP contribution in [-0.4, -0.2) is 14.4 Å². The molecule has 102 valence electrons. The van der Waals surface area contributed by atoms with Crippen molar-refractivity contribution in [3.8, 4) is 11.3 Å². The van der Waals surface area contributed by atoms with E-state index in [0.717, 1.165) is 16.6 Å². The van der Waals surface area contributed by atoms with Crippen LogP contribution >= 0.6 is 0 Å². The summed E-state index contributed by atoms with van der Waals surface area (Å²) in [5.74, 6) is 0.183. The predicted molar refractivity (Wildman–Crippen MR) is 80.3 cm³/mol. The van der Waals surface area contributed by atoms with E-state index in [-0.39, 0.29) is 5.69 Å². The number of fused-ring (bicyclic) bond motifs is 3. The molecule has 0 spiro atoms. The number of hydrogen-bond donors (Lipinski definition) is 1. The minimum absolute atomic E-state index is 0.114. The van der Waals surface area contributed by atoms with E-state index in [1.807, 2.05) is 40.9 Å². The molecule has 0 saturated heterocycles. The van der Waals surface area contributed by atoms with Crippen molar-refractivity contribution in [2.45, 2.75) is 0 Å². The van der Waals surface area contributed by atoms with E-state index in [0.29, 0.717) is 11.5 Å². The Morgan fingerprint density at radius 1 is 1.00 bits per heavy atom. The first-order chi connectivity index (χ1) is 10.2. The fraction of sp³-hybridized carbons (Fsp3) is 0. The number of anilines is 1. The Balaban J connectivity index is 1.94. The lowest BCUT2D eigenvalue weighted by Crippen LogP contribution is -1.94. The summed E-state index contributed by atoms with van der Waals surface area (Å²) in [6.45, 7) is 0. The molecule has 2 N–H and O–H groups in total. The van der Waals surface area contributed by atoms with Gasteiger partial charge in [0.15, 0.2) is 0 Å². The summed E-state index contributed by atoms with van der Waals surface area (Å²) in [7, 11) is 0. The van der Waals surface area contributed by atoms with Crippen molar-refractivity contribution >= 4 is 22.5 Å². The first kappa shape index (κ1) is 11.8. The van der Waals surface area contributed by atoms with Crippen LogP contribution in [0.15, 0.2) is 54.7 Å². The lowest BCUT2D eigenvalue weighted by molar-refractivity contribution is 0.632. The van der Waals surface area contributed by atoms with E-state index in [1.54, 1.807) is 12.1 Å². The summed E-state index contributed by atoms with van der Waals surface area (Å²) in [4.78, 5) is 9.02. The van der Waals surface area contributed by atoms with Crippen LogP contribution in [0.25, 0.3) is 28.1 Å². The van der Waals surface area contributed by atoms with Crippen LogP contribution in [0.2, 0.25) is 0 Å². The largest absolute Gasteiger partial charge is 0.396 e. The minimum Gasteiger partial charge on any atom is -0.396 e. The smallest absolute Gasteiger partial charge is 0.235 e. The van der Waals surface area contributed by atoms with Gasteiger partial charge in [0.1, 0.15) is 5.82 Å². The van der Waals surface area contributed by atoms with Crippen LogP contribution in [0.4, 0.5) is 10.1 Å². The third-order valence-corrected chi connectivity index (χ3v) is 3.47. The molecule has 21 heavy (non-hydrogen) atoms. The van der Waals surface area contributed by atoms with E-state index in [2.05, 4.69) is 9.97 Å². The summed E-state index contributed by atoms with van der Waals surface area (Å²) in [5, 5.41) is 0. The second kappa shape index (κ2) is 4.28. The van der Waals surface area contributed by atoms with Crippen molar-refractivity contribution in [2.75, 3.05) is 5.73 Å². The number of benzene rings is 2. The molecular formula is C16H11FN4. The number of halogens is 1. The van der Waals surface area contributed by atoms with Crippen LogP contribution in [-0.2, 0) is 0 Å². The molecule has 4 aromatic rings. The van der Waals surface area contributed by atoms with Crippen LogP contribution in [0, 0.1) is 5.82 Å². The maximum absolute atomic E-state index is 13.2. The fourth-order valence-corrected chi connectivity index (χ4v) is 2.41. The molecule has 0 aliphatic rings. The topological polar surface area (TPSA) is 56.2 Å². The molecule has 2 aromatic carbocycles. The van der Waals surface area contributed by atoms with Gasteiger partial charge in [-0.2, -0.15) is 0 Å². The number of aromatic nitrogens is 3. The molecule has 0 fully saturated rings. The lowest BCUT2D eigenvalue weighted by atomic mass is 10.1. The highest BCUT2D eigenvalue weighted by Gasteiger charge is 2.08. The Bertz CT molecular complexity index is 975. The van der Waals surface area contributed by atoms with Gasteiger partial charge in [0, 0.05) is 11.8 Å². The van der Waals surface area contributed by atoms with Gasteiger partial charge >= 0.3 is 0 Å². The van der Waals surface area contributed by atoms with Gasteiger partial charge in [0.2, 0.25) is 5.78 Å². The zero-order valence-corrected chi connectivity index (χ0v) is 11.0. The Kier molecular flexibility index (Phi) is 2.41. The summed E-state index contributed by atoms with van der Waals surface area (Å²) >= 11 is 0. The van der Waals surface area contributed by atoms with Gasteiger partial charge in [-0.15, -0.1) is 0 Å². The number of hydrogen-bond acceptors (Lipinski definition) is 3. The molecule has 4 rings (SSSR count). The fourth-order valence-electron chi connectivity index (χ4n) is 2.41. The first-order valence-electron chi connectivity index (χ1n) is 6.51. The van der Waals surface area contributed by atoms with Gasteiger partial charge in [-0.3, -0.25) is 4.40 Å². The Morgan fingerprint density at radius 3 is 2.71 bits per heavy atom. The van der Waals surface area contributed by atoms with Crippen molar-refractivity contribution in [3.63, 3.8) is 0 Å². The summed E-state index contributed by atoms with van der Waals surface area (Å²) in [5.41, 5.74) is 9.10. The van der Waals surface area contributed by atoms with E-state index < -0.39 is 5.82 Å². The molecule has 0 radical (unpaired) electrons. The van der Waals surface area contributed by atoms with Crippen molar-refractivity contribution in [3.05, 3.63) is 60.5 Å². The van der Waals surface area contributed by atoms with Gasteiger partial charge in [-0.1, -0.05) is 12.1 Å². The van der Waals surface area contributed by atoms with Crippen molar-refractivity contribution in [1.82, 2.24) is 14.4 Å². The molecule has 0 aliphatic heterocycles. The van der Waals surface area contributed by atoms with Crippen molar-refractivity contribution in [2.24, 2.45) is 0 Å². The molecule has 4 nitrogen and oxygen atoms in total. The summed E-state index contributed by atoms with van der Waals surface area (Å²) in [6, 6.07) is 14.3. The average Bonchev–Trinajstić information content (AvgIpc) is 2.87. The quantitative estimate of drug-likeness (QED) is 0.544. The third-order valence-electron chi connectivity index (χ3n) is 3.47. The average molecular weight is 278 g/mol. The zero-order valence-electron chi connectivity index (χ0n) is 11.0. The highest BCUT2D eigenvalue weighted by molar-refractivity contribution is 5.80. The second-order valence-corrected chi connectivity index (χ2v) is 4.82. The minimum atomic E-state index is -0.425. The molecule has 2 aromatic heterocycles. The van der Waals surface area contributed by atoms with E-state index in [1.165, 1.54) is 6.07 Å². The van der Waals surface area contributed by atoms with Crippen LogP contribution in [0.1, 0.15) is 0 Å². The van der Waals surface area contributed by atoms with Gasteiger partial charge in [-0.05, 0) is 36.4 Å². The van der Waals surface area contributed by atoms with Crippen LogP contribution in [0.5, 0.6) is 0 Å². The molecule has 2 heterocycles. The molecule has 0 saturated carbocycles. The number of nitrogen functional groups attached to an aromatic ring is 1. The van der Waals surface area contributed by atoms with Crippen LogP contribution < -0.4 is 5.73 Å². The highest BCUT2D eigenvalue weighted by atomic mass is 19.1. The van der Waals surface area contributed by atoms with Gasteiger partial charge < -0.3 is 5.73 Å². The van der Waals surface area contributed by atoms with E-state index in [4.69, 9.17) is 5.73 Å². The predicted octanol–water partition coefficient (Wildman–Crippen LogP) is 3.27. The Morgan fingerprint density at radius 2 is 1.86 bits per heavy atom. The Labute approximate surface area is 119 Å². The Hall–Kier alpha value is -2.95. The molecule has 5 heteroatoms. The van der Waals surface area contributed by atoms with Crippen molar-refractivity contribution in [1.29, 1.82) is 0 Å². The van der Waals surface area contributed by atoms with Crippen molar-refractivity contribution < 1.29 is 4.39 Å². The second-order valence-electron chi connectivity index (χ2n) is 4.82. The van der Waals surface area contributed by atoms with E-state index in [9.17, 15) is 4.39 Å². The molecule has 0 bridgehead atoms. The third kappa shape index (κ3) is 1.82. The van der Waals surface area contributed by atoms with Gasteiger partial charge in [-0.25, -0.2) is 14.4 Å². The molecule has 0 amide bonds. The SMILES string of the molecule is Nc1cc(-c2ccn3c(n2)nc2ccccc23)ccc1F. The maximum atomic E-state index is 13.2.